The van der Waals surface area contributed by atoms with Crippen LogP contribution in [0.1, 0.15) is 22.8 Å². The molecule has 0 bridgehead atoms. The first-order valence-electron chi connectivity index (χ1n) is 7.07. The number of aryl methyl sites for hydroxylation is 1. The van der Waals surface area contributed by atoms with Crippen LogP contribution in [0.5, 0.6) is 0 Å². The maximum atomic E-state index is 12.3. The van der Waals surface area contributed by atoms with Crippen LogP contribution in [0, 0.1) is 6.92 Å². The number of fused-ring (bicyclic) bond motifs is 1. The van der Waals surface area contributed by atoms with Crippen LogP contribution in [0.2, 0.25) is 0 Å². The number of nitrogens with one attached hydrogen (secondary N) is 1. The number of thiazole rings is 1. The first kappa shape index (κ1) is 15.1. The minimum absolute atomic E-state index is 0.0873. The van der Waals surface area contributed by atoms with E-state index in [2.05, 4.69) is 17.2 Å². The molecule has 0 aliphatic carbocycles. The quantitative estimate of drug-likeness (QED) is 0.688. The van der Waals surface area contributed by atoms with Gasteiger partial charge in [0.05, 0.1) is 10.2 Å². The summed E-state index contributed by atoms with van der Waals surface area (Å²) in [5.41, 5.74) is 3.53. The molecule has 0 saturated heterocycles. The predicted molar refractivity (Wildman–Crippen MR) is 95.2 cm³/mol. The van der Waals surface area contributed by atoms with E-state index in [1.165, 1.54) is 0 Å². The third-order valence-electron chi connectivity index (χ3n) is 3.17. The van der Waals surface area contributed by atoms with Gasteiger partial charge < -0.3 is 5.32 Å². The fourth-order valence-electron chi connectivity index (χ4n) is 2.16. The van der Waals surface area contributed by atoms with Gasteiger partial charge in [0, 0.05) is 11.3 Å². The number of hydrogen-bond donors (Lipinski definition) is 1. The molecule has 3 rings (SSSR count). The maximum absolute atomic E-state index is 12.3. The first-order valence-corrected chi connectivity index (χ1v) is 8.87. The summed E-state index contributed by atoms with van der Waals surface area (Å²) in [5, 5.41) is 2.95. The molecule has 1 aromatic heterocycles. The van der Waals surface area contributed by atoms with Gasteiger partial charge >= 0.3 is 0 Å². The molecule has 3 nitrogen and oxygen atoms in total. The molecule has 0 saturated carbocycles. The minimum atomic E-state index is -0.0873. The molecule has 0 radical (unpaired) electrons. The number of carbonyl (C=O) groups excluding carboxylic acids is 1. The lowest BCUT2D eigenvalue weighted by molar-refractivity contribution is 0.102. The van der Waals surface area contributed by atoms with E-state index in [0.29, 0.717) is 5.56 Å². The summed E-state index contributed by atoms with van der Waals surface area (Å²) in [5.74, 6) is 0.923. The van der Waals surface area contributed by atoms with Crippen LogP contribution in [0.15, 0.2) is 46.8 Å². The van der Waals surface area contributed by atoms with E-state index in [9.17, 15) is 4.79 Å². The van der Waals surface area contributed by atoms with Crippen molar-refractivity contribution in [2.45, 2.75) is 18.2 Å². The highest BCUT2D eigenvalue weighted by Gasteiger charge is 2.08. The lowest BCUT2D eigenvalue weighted by Crippen LogP contribution is -2.11. The molecule has 0 atom stereocenters. The fourth-order valence-corrected chi connectivity index (χ4v) is 4.16. The molecule has 0 aliphatic rings. The van der Waals surface area contributed by atoms with E-state index in [4.69, 9.17) is 0 Å². The van der Waals surface area contributed by atoms with Gasteiger partial charge in [0.25, 0.3) is 5.91 Å². The SMILES string of the molecule is CCSc1nc2ccc(NC(=O)c3cccc(C)c3)cc2s1. The Balaban J connectivity index is 1.82. The average Bonchev–Trinajstić information content (AvgIpc) is 2.89. The number of aromatic nitrogens is 1. The Labute approximate surface area is 137 Å². The van der Waals surface area contributed by atoms with Crippen LogP contribution in [0.3, 0.4) is 0 Å². The van der Waals surface area contributed by atoms with Gasteiger partial charge in [-0.15, -0.1) is 11.3 Å². The average molecular weight is 328 g/mol. The maximum Gasteiger partial charge on any atom is 0.255 e. The van der Waals surface area contributed by atoms with Crippen molar-refractivity contribution in [3.8, 4) is 0 Å². The molecule has 0 unspecified atom stereocenters. The first-order chi connectivity index (χ1) is 10.7. The number of nitrogens with zero attached hydrogens (tertiary/aromatic N) is 1. The van der Waals surface area contributed by atoms with E-state index in [0.717, 1.165) is 31.6 Å². The minimum Gasteiger partial charge on any atom is -0.322 e. The Bertz CT molecular complexity index is 826. The zero-order valence-electron chi connectivity index (χ0n) is 12.4. The largest absolute Gasteiger partial charge is 0.322 e. The number of rotatable bonds is 4. The summed E-state index contributed by atoms with van der Waals surface area (Å²) in [7, 11) is 0. The van der Waals surface area contributed by atoms with Gasteiger partial charge in [-0.05, 0) is 43.0 Å². The fraction of sp³-hybridized carbons (Fsp3) is 0.176. The van der Waals surface area contributed by atoms with Gasteiger partial charge in [0.1, 0.15) is 0 Å². The van der Waals surface area contributed by atoms with Crippen molar-refractivity contribution in [3.05, 3.63) is 53.6 Å². The van der Waals surface area contributed by atoms with Crippen molar-refractivity contribution < 1.29 is 4.79 Å². The highest BCUT2D eigenvalue weighted by molar-refractivity contribution is 8.01. The van der Waals surface area contributed by atoms with E-state index >= 15 is 0 Å². The molecular weight excluding hydrogens is 312 g/mol. The number of benzene rings is 2. The van der Waals surface area contributed by atoms with Crippen LogP contribution in [0.25, 0.3) is 10.2 Å². The van der Waals surface area contributed by atoms with Crippen molar-refractivity contribution in [3.63, 3.8) is 0 Å². The van der Waals surface area contributed by atoms with Gasteiger partial charge in [-0.2, -0.15) is 0 Å². The predicted octanol–water partition coefficient (Wildman–Crippen LogP) is 4.97. The zero-order chi connectivity index (χ0) is 15.5. The van der Waals surface area contributed by atoms with Crippen molar-refractivity contribution in [2.75, 3.05) is 11.1 Å². The summed E-state index contributed by atoms with van der Waals surface area (Å²) in [4.78, 5) is 16.8. The Morgan fingerprint density at radius 1 is 1.27 bits per heavy atom. The second kappa shape index (κ2) is 6.50. The summed E-state index contributed by atoms with van der Waals surface area (Å²) >= 11 is 3.40. The molecule has 0 spiro atoms. The molecule has 0 aliphatic heterocycles. The molecule has 1 N–H and O–H groups in total. The van der Waals surface area contributed by atoms with Crippen LogP contribution >= 0.6 is 23.1 Å². The molecule has 22 heavy (non-hydrogen) atoms. The third kappa shape index (κ3) is 3.31. The molecule has 2 aromatic carbocycles. The number of carbonyl (C=O) groups is 1. The standard InChI is InChI=1S/C17H16N2OS2/c1-3-21-17-19-14-8-7-13(10-15(14)22-17)18-16(20)12-6-4-5-11(2)9-12/h4-10H,3H2,1-2H3,(H,18,20). The zero-order valence-corrected chi connectivity index (χ0v) is 14.1. The number of anilines is 1. The second-order valence-corrected chi connectivity index (χ2v) is 7.46. The lowest BCUT2D eigenvalue weighted by atomic mass is 10.1. The second-order valence-electron chi connectivity index (χ2n) is 4.92. The molecule has 112 valence electrons. The van der Waals surface area contributed by atoms with Crippen LogP contribution < -0.4 is 5.32 Å². The Morgan fingerprint density at radius 2 is 2.14 bits per heavy atom. The monoisotopic (exact) mass is 328 g/mol. The molecular formula is C17H16N2OS2. The van der Waals surface area contributed by atoms with Crippen LogP contribution in [-0.4, -0.2) is 16.6 Å². The van der Waals surface area contributed by atoms with Crippen molar-refractivity contribution in [1.82, 2.24) is 4.98 Å². The highest BCUT2D eigenvalue weighted by Crippen LogP contribution is 2.31. The van der Waals surface area contributed by atoms with Gasteiger partial charge in [0.15, 0.2) is 4.34 Å². The normalized spacial score (nSPS) is 10.8. The summed E-state index contributed by atoms with van der Waals surface area (Å²) in [6, 6.07) is 13.4. The van der Waals surface area contributed by atoms with Crippen LogP contribution in [0.4, 0.5) is 5.69 Å². The van der Waals surface area contributed by atoms with Gasteiger partial charge in [-0.3, -0.25) is 4.79 Å². The summed E-state index contributed by atoms with van der Waals surface area (Å²) in [6.07, 6.45) is 0. The van der Waals surface area contributed by atoms with Crippen LogP contribution in [-0.2, 0) is 0 Å². The third-order valence-corrected chi connectivity index (χ3v) is 5.22. The summed E-state index contributed by atoms with van der Waals surface area (Å²) in [6.45, 7) is 4.09. The van der Waals surface area contributed by atoms with Crippen molar-refractivity contribution in [1.29, 1.82) is 0 Å². The Morgan fingerprint density at radius 3 is 2.91 bits per heavy atom. The highest BCUT2D eigenvalue weighted by atomic mass is 32.2. The number of amides is 1. The van der Waals surface area contributed by atoms with Gasteiger partial charge in [0.2, 0.25) is 0 Å². The van der Waals surface area contributed by atoms with E-state index in [1.807, 2.05) is 49.4 Å². The van der Waals surface area contributed by atoms with Gasteiger partial charge in [-0.1, -0.05) is 36.4 Å². The van der Waals surface area contributed by atoms with Crippen molar-refractivity contribution >= 4 is 44.9 Å². The number of thioether (sulfide) groups is 1. The van der Waals surface area contributed by atoms with Crippen molar-refractivity contribution in [2.24, 2.45) is 0 Å². The van der Waals surface area contributed by atoms with E-state index in [1.54, 1.807) is 23.1 Å². The Kier molecular flexibility index (Phi) is 4.45. The van der Waals surface area contributed by atoms with E-state index < -0.39 is 0 Å². The molecule has 1 amide bonds. The Hall–Kier alpha value is -1.85. The van der Waals surface area contributed by atoms with E-state index in [-0.39, 0.29) is 5.91 Å². The summed E-state index contributed by atoms with van der Waals surface area (Å²) < 4.78 is 2.16. The smallest absolute Gasteiger partial charge is 0.255 e. The number of hydrogen-bond acceptors (Lipinski definition) is 4. The lowest BCUT2D eigenvalue weighted by Gasteiger charge is -2.05. The molecule has 1 heterocycles. The van der Waals surface area contributed by atoms with Gasteiger partial charge in [-0.25, -0.2) is 4.98 Å². The topological polar surface area (TPSA) is 42.0 Å². The molecule has 0 fully saturated rings. The molecule has 5 heteroatoms. The molecule has 3 aromatic rings.